The van der Waals surface area contributed by atoms with Crippen LogP contribution in [0.2, 0.25) is 0 Å². The summed E-state index contributed by atoms with van der Waals surface area (Å²) in [6, 6.07) is 12.3. The van der Waals surface area contributed by atoms with E-state index in [1.54, 1.807) is 24.3 Å². The molecule has 4 heteroatoms. The molecule has 16 heavy (non-hydrogen) atoms. The zero-order valence-corrected chi connectivity index (χ0v) is 8.91. The van der Waals surface area contributed by atoms with Crippen molar-refractivity contribution in [3.63, 3.8) is 0 Å². The van der Waals surface area contributed by atoms with E-state index in [4.69, 9.17) is 5.11 Å². The maximum Gasteiger partial charge on any atom is 0.350 e. The number of aryl methyl sites for hydroxylation is 1. The highest BCUT2D eigenvalue weighted by Gasteiger charge is 2.03. The number of azo groups is 1. The lowest BCUT2D eigenvalue weighted by Crippen LogP contribution is -2.26. The van der Waals surface area contributed by atoms with Crippen LogP contribution in [0.1, 0.15) is 0 Å². The largest absolute Gasteiger partial charge is 0.508 e. The fourth-order valence-electron chi connectivity index (χ4n) is 1.25. The van der Waals surface area contributed by atoms with E-state index < -0.39 is 0 Å². The molecular formula is C12H12N3O+. The van der Waals surface area contributed by atoms with Crippen LogP contribution in [-0.2, 0) is 7.05 Å². The van der Waals surface area contributed by atoms with Gasteiger partial charge in [-0.25, -0.2) is 4.57 Å². The zero-order chi connectivity index (χ0) is 11.4. The van der Waals surface area contributed by atoms with Gasteiger partial charge in [-0.2, -0.15) is 0 Å². The Morgan fingerprint density at radius 3 is 2.44 bits per heavy atom. The van der Waals surface area contributed by atoms with Crippen molar-refractivity contribution in [1.29, 1.82) is 0 Å². The van der Waals surface area contributed by atoms with Crippen LogP contribution in [0.4, 0.5) is 11.5 Å². The number of aromatic hydroxyl groups is 1. The van der Waals surface area contributed by atoms with Gasteiger partial charge in [0, 0.05) is 6.07 Å². The van der Waals surface area contributed by atoms with Gasteiger partial charge in [-0.3, -0.25) is 0 Å². The van der Waals surface area contributed by atoms with Gasteiger partial charge >= 0.3 is 5.82 Å². The quantitative estimate of drug-likeness (QED) is 0.606. The van der Waals surface area contributed by atoms with Crippen LogP contribution in [0.5, 0.6) is 5.75 Å². The van der Waals surface area contributed by atoms with Crippen LogP contribution in [0.15, 0.2) is 58.9 Å². The second kappa shape index (κ2) is 4.53. The molecule has 0 spiro atoms. The summed E-state index contributed by atoms with van der Waals surface area (Å²) in [6.45, 7) is 0. The Kier molecular flexibility index (Phi) is 2.91. The van der Waals surface area contributed by atoms with E-state index in [1.165, 1.54) is 0 Å². The number of aromatic nitrogens is 1. The van der Waals surface area contributed by atoms with Crippen LogP contribution >= 0.6 is 0 Å². The fraction of sp³-hybridized carbons (Fsp3) is 0.0833. The molecule has 0 aliphatic rings. The molecule has 0 aliphatic carbocycles. The molecule has 0 atom stereocenters. The Balaban J connectivity index is 2.21. The molecule has 1 aromatic heterocycles. The highest BCUT2D eigenvalue weighted by molar-refractivity contribution is 5.40. The van der Waals surface area contributed by atoms with Crippen molar-refractivity contribution in [2.24, 2.45) is 17.3 Å². The summed E-state index contributed by atoms with van der Waals surface area (Å²) < 4.78 is 1.88. The molecule has 1 heterocycles. The summed E-state index contributed by atoms with van der Waals surface area (Å²) in [4.78, 5) is 0. The third kappa shape index (κ3) is 2.42. The van der Waals surface area contributed by atoms with Crippen molar-refractivity contribution in [2.75, 3.05) is 0 Å². The molecule has 0 saturated carbocycles. The molecular weight excluding hydrogens is 202 g/mol. The molecule has 2 rings (SSSR count). The number of hydrogen-bond acceptors (Lipinski definition) is 3. The fourth-order valence-corrected chi connectivity index (χ4v) is 1.25. The lowest BCUT2D eigenvalue weighted by Gasteiger charge is -1.91. The molecule has 80 valence electrons. The monoisotopic (exact) mass is 214 g/mol. The minimum absolute atomic E-state index is 0.226. The second-order valence-electron chi connectivity index (χ2n) is 3.39. The average molecular weight is 214 g/mol. The molecule has 0 aliphatic heterocycles. The smallest absolute Gasteiger partial charge is 0.350 e. The first-order chi connectivity index (χ1) is 7.75. The van der Waals surface area contributed by atoms with Gasteiger partial charge < -0.3 is 5.11 Å². The van der Waals surface area contributed by atoms with Crippen LogP contribution in [0.3, 0.4) is 0 Å². The molecule has 0 radical (unpaired) electrons. The molecule has 1 aromatic carbocycles. The predicted octanol–water partition coefficient (Wildman–Crippen LogP) is 2.63. The first-order valence-corrected chi connectivity index (χ1v) is 4.91. The van der Waals surface area contributed by atoms with Crippen molar-refractivity contribution in [1.82, 2.24) is 0 Å². The number of rotatable bonds is 2. The summed E-state index contributed by atoms with van der Waals surface area (Å²) >= 11 is 0. The van der Waals surface area contributed by atoms with Gasteiger partial charge in [-0.15, -0.1) is 0 Å². The van der Waals surface area contributed by atoms with Crippen molar-refractivity contribution >= 4 is 11.5 Å². The molecule has 2 aromatic rings. The number of benzene rings is 1. The zero-order valence-electron chi connectivity index (χ0n) is 8.91. The van der Waals surface area contributed by atoms with Gasteiger partial charge in [0.1, 0.15) is 11.4 Å². The summed E-state index contributed by atoms with van der Waals surface area (Å²) in [5.41, 5.74) is 0.710. The van der Waals surface area contributed by atoms with E-state index in [2.05, 4.69) is 10.2 Å². The standard InChI is InChI=1S/C12H11N3O/c1-15-9-3-2-4-12(15)14-13-10-5-7-11(16)8-6-10/h2-9H,1H3/p+1. The predicted molar refractivity (Wildman–Crippen MR) is 59.9 cm³/mol. The van der Waals surface area contributed by atoms with E-state index >= 15 is 0 Å². The maximum absolute atomic E-state index is 9.11. The molecule has 0 fully saturated rings. The lowest BCUT2D eigenvalue weighted by atomic mass is 10.3. The normalized spacial score (nSPS) is 10.8. The van der Waals surface area contributed by atoms with Crippen molar-refractivity contribution in [2.45, 2.75) is 0 Å². The maximum atomic E-state index is 9.11. The Labute approximate surface area is 93.5 Å². The Morgan fingerprint density at radius 2 is 1.75 bits per heavy atom. The van der Waals surface area contributed by atoms with Gasteiger partial charge in [-0.1, -0.05) is 6.07 Å². The minimum Gasteiger partial charge on any atom is -0.508 e. The summed E-state index contributed by atoms with van der Waals surface area (Å²) in [5, 5.41) is 17.3. The summed E-state index contributed by atoms with van der Waals surface area (Å²) in [5.74, 6) is 1.000. The molecule has 4 nitrogen and oxygen atoms in total. The van der Waals surface area contributed by atoms with E-state index in [1.807, 2.05) is 36.0 Å². The topological polar surface area (TPSA) is 48.8 Å². The third-order valence-electron chi connectivity index (χ3n) is 2.15. The van der Waals surface area contributed by atoms with E-state index in [0.717, 1.165) is 5.82 Å². The average Bonchev–Trinajstić information content (AvgIpc) is 2.30. The van der Waals surface area contributed by atoms with E-state index in [0.29, 0.717) is 5.69 Å². The molecule has 1 N–H and O–H groups in total. The Hall–Kier alpha value is -2.23. The summed E-state index contributed by atoms with van der Waals surface area (Å²) in [7, 11) is 1.91. The number of phenols is 1. The molecule has 0 saturated heterocycles. The highest BCUT2D eigenvalue weighted by atomic mass is 16.3. The van der Waals surface area contributed by atoms with Gasteiger partial charge in [0.15, 0.2) is 0 Å². The van der Waals surface area contributed by atoms with Crippen LogP contribution in [-0.4, -0.2) is 5.11 Å². The first kappa shape index (κ1) is 10.3. The number of nitrogens with zero attached hydrogens (tertiary/aromatic N) is 3. The number of hydrogen-bond donors (Lipinski definition) is 1. The first-order valence-electron chi connectivity index (χ1n) is 4.91. The van der Waals surface area contributed by atoms with E-state index in [9.17, 15) is 0 Å². The third-order valence-corrected chi connectivity index (χ3v) is 2.15. The van der Waals surface area contributed by atoms with Gasteiger partial charge in [0.05, 0.1) is 18.4 Å². The van der Waals surface area contributed by atoms with Gasteiger partial charge in [-0.05, 0) is 35.4 Å². The second-order valence-corrected chi connectivity index (χ2v) is 3.39. The van der Waals surface area contributed by atoms with Gasteiger partial charge in [0.2, 0.25) is 0 Å². The SMILES string of the molecule is C[n+]1ccccc1N=Nc1ccc(O)cc1. The van der Waals surface area contributed by atoms with Crippen LogP contribution < -0.4 is 4.57 Å². The van der Waals surface area contributed by atoms with Crippen molar-refractivity contribution < 1.29 is 9.67 Å². The highest BCUT2D eigenvalue weighted by Crippen LogP contribution is 2.18. The van der Waals surface area contributed by atoms with Gasteiger partial charge in [0.25, 0.3) is 0 Å². The Bertz CT molecular complexity index is 506. The lowest BCUT2D eigenvalue weighted by molar-refractivity contribution is -0.658. The van der Waals surface area contributed by atoms with E-state index in [-0.39, 0.29) is 5.75 Å². The number of phenolic OH excluding ortho intramolecular Hbond substituents is 1. The molecule has 0 bridgehead atoms. The summed E-state index contributed by atoms with van der Waals surface area (Å²) in [6.07, 6.45) is 1.91. The van der Waals surface area contributed by atoms with Crippen LogP contribution in [0.25, 0.3) is 0 Å². The minimum atomic E-state index is 0.226. The van der Waals surface area contributed by atoms with Crippen LogP contribution in [0, 0.1) is 0 Å². The Morgan fingerprint density at radius 1 is 1.00 bits per heavy atom. The molecule has 0 amide bonds. The van der Waals surface area contributed by atoms with Crippen molar-refractivity contribution in [3.8, 4) is 5.75 Å². The van der Waals surface area contributed by atoms with Crippen molar-refractivity contribution in [3.05, 3.63) is 48.7 Å². The number of pyridine rings is 1. The molecule has 0 unspecified atom stereocenters.